The molecule has 0 aliphatic carbocycles. The predicted molar refractivity (Wildman–Crippen MR) is 186 cm³/mol. The van der Waals surface area contributed by atoms with E-state index < -0.39 is 47.9 Å². The third kappa shape index (κ3) is 24.3. The van der Waals surface area contributed by atoms with E-state index in [1.165, 1.54) is 21.9 Å². The van der Waals surface area contributed by atoms with Crippen LogP contribution in [-0.2, 0) is 44.8 Å². The molecule has 0 spiro atoms. The third-order valence-electron chi connectivity index (χ3n) is 8.32. The number of hydrogen-bond acceptors (Lipinski definition) is 16. The van der Waals surface area contributed by atoms with Crippen molar-refractivity contribution in [2.24, 2.45) is 0 Å². The fraction of sp³-hybridized carbons (Fsp3) is 0.636. The Morgan fingerprint density at radius 3 is 1.52 bits per heavy atom. The molecule has 1 atom stereocenters. The second-order valence-electron chi connectivity index (χ2n) is 12.6. The molecule has 1 aliphatic heterocycles. The summed E-state index contributed by atoms with van der Waals surface area (Å²) in [5.41, 5.74) is 0.876. The van der Waals surface area contributed by atoms with Crippen LogP contribution in [0.15, 0.2) is 24.3 Å². The Morgan fingerprint density at radius 2 is 1.13 bits per heavy atom. The van der Waals surface area contributed by atoms with Crippen molar-refractivity contribution in [2.75, 3.05) is 112 Å². The minimum absolute atomic E-state index is 0.0103. The number of hydrogen-bond donors (Lipinski definition) is 4. The summed E-state index contributed by atoms with van der Waals surface area (Å²) in [5, 5.41) is 48.8. The van der Waals surface area contributed by atoms with Gasteiger partial charge in [-0.25, -0.2) is 0 Å². The first-order chi connectivity index (χ1) is 25.5. The lowest BCUT2D eigenvalue weighted by Gasteiger charge is -2.35. The average Bonchev–Trinajstić information content (AvgIpc) is 3.16. The largest absolute Gasteiger partial charge is 0.480 e. The van der Waals surface area contributed by atoms with Crippen LogP contribution < -0.4 is 0 Å². The van der Waals surface area contributed by atoms with Gasteiger partial charge in [0.25, 0.3) is 5.69 Å². The Bertz CT molecular complexity index is 1330. The maximum Gasteiger partial charge on any atom is 0.373 e. The molecule has 1 aromatic rings. The molecular formula is C33H51N7O14. The van der Waals surface area contributed by atoms with Gasteiger partial charge in [-0.3, -0.25) is 53.8 Å². The van der Waals surface area contributed by atoms with Gasteiger partial charge in [-0.05, 0) is 38.9 Å². The number of rotatable bonds is 22. The first kappa shape index (κ1) is 49.0. The molecule has 1 aromatic carbocycles. The van der Waals surface area contributed by atoms with Crippen molar-refractivity contribution in [3.63, 3.8) is 0 Å². The summed E-state index contributed by atoms with van der Waals surface area (Å²) >= 11 is 0. The quantitative estimate of drug-likeness (QED) is 0.0775. The van der Waals surface area contributed by atoms with Crippen molar-refractivity contribution in [3.05, 3.63) is 39.9 Å². The summed E-state index contributed by atoms with van der Waals surface area (Å²) < 4.78 is 0. The number of non-ortho nitro benzene ring substituents is 1. The van der Waals surface area contributed by atoms with Gasteiger partial charge in [-0.2, -0.15) is 19.2 Å². The van der Waals surface area contributed by atoms with Gasteiger partial charge in [-0.15, -0.1) is 0 Å². The van der Waals surface area contributed by atoms with Gasteiger partial charge in [-0.1, -0.05) is 12.1 Å². The van der Waals surface area contributed by atoms with E-state index in [1.807, 2.05) is 14.1 Å². The minimum Gasteiger partial charge on any atom is -0.480 e. The number of likely N-dealkylation sites (N-methyl/N-ethyl adjacent to an activating group) is 1. The number of nitro groups is 1. The number of aryl methyl sites for hydroxylation is 1. The maximum absolute atomic E-state index is 11.8. The lowest BCUT2D eigenvalue weighted by Crippen LogP contribution is -2.50. The van der Waals surface area contributed by atoms with Gasteiger partial charge in [0, 0.05) is 90.2 Å². The van der Waals surface area contributed by atoms with E-state index in [0.29, 0.717) is 58.5 Å². The maximum atomic E-state index is 11.8. The van der Waals surface area contributed by atoms with Crippen molar-refractivity contribution < 1.29 is 63.7 Å². The van der Waals surface area contributed by atoms with Crippen LogP contribution in [-0.4, -0.2) is 209 Å². The van der Waals surface area contributed by atoms with Gasteiger partial charge >= 0.3 is 36.2 Å². The smallest absolute Gasteiger partial charge is 0.373 e. The van der Waals surface area contributed by atoms with Crippen molar-refractivity contribution in [1.29, 1.82) is 0 Å². The molecule has 21 heteroatoms. The first-order valence-electron chi connectivity index (χ1n) is 16.9. The Hall–Kier alpha value is -4.98. The highest BCUT2D eigenvalue weighted by molar-refractivity contribution is 5.73. The monoisotopic (exact) mass is 769 g/mol. The molecule has 54 heavy (non-hydrogen) atoms. The van der Waals surface area contributed by atoms with Crippen LogP contribution in [0.4, 0.5) is 5.69 Å². The molecule has 0 saturated carbocycles. The van der Waals surface area contributed by atoms with Gasteiger partial charge in [0.15, 0.2) is 0 Å². The lowest BCUT2D eigenvalue weighted by atomic mass is 10.0. The van der Waals surface area contributed by atoms with Crippen molar-refractivity contribution in [1.82, 2.24) is 29.4 Å². The molecule has 1 unspecified atom stereocenters. The van der Waals surface area contributed by atoms with Crippen LogP contribution >= 0.6 is 0 Å². The Kier molecular flexibility index (Phi) is 25.9. The van der Waals surface area contributed by atoms with Gasteiger partial charge in [0.1, 0.15) is 0 Å². The van der Waals surface area contributed by atoms with E-state index in [0.717, 1.165) is 31.7 Å². The average molecular weight is 770 g/mol. The predicted octanol–water partition coefficient (Wildman–Crippen LogP) is -1.46. The summed E-state index contributed by atoms with van der Waals surface area (Å²) in [6.45, 7) is 5.16. The summed E-state index contributed by atoms with van der Waals surface area (Å²) in [4.78, 5) is 101. The zero-order chi connectivity index (χ0) is 41.1. The Morgan fingerprint density at radius 1 is 0.722 bits per heavy atom. The van der Waals surface area contributed by atoms with E-state index in [-0.39, 0.29) is 37.6 Å². The summed E-state index contributed by atoms with van der Waals surface area (Å²) in [7, 11) is 3.99. The van der Waals surface area contributed by atoms with Crippen molar-refractivity contribution in [3.8, 4) is 0 Å². The zero-order valence-corrected chi connectivity index (χ0v) is 30.6. The third-order valence-corrected chi connectivity index (χ3v) is 8.32. The van der Waals surface area contributed by atoms with Crippen LogP contribution in [0.3, 0.4) is 0 Å². The number of nitro benzene ring substituents is 1. The minimum atomic E-state index is -1.13. The molecular weight excluding hydrogens is 718 g/mol. The molecule has 0 radical (unpaired) electrons. The molecule has 1 saturated heterocycles. The number of carbonyl (C=O) groups is 4. The Balaban J connectivity index is 0.00000437. The van der Waals surface area contributed by atoms with E-state index >= 15 is 0 Å². The van der Waals surface area contributed by atoms with Gasteiger partial charge < -0.3 is 25.3 Å². The van der Waals surface area contributed by atoms with Crippen LogP contribution in [0, 0.1) is 10.1 Å². The normalized spacial score (nSPS) is 14.5. The second-order valence-corrected chi connectivity index (χ2v) is 12.6. The number of carboxylic acid groups (broad SMARTS) is 4. The molecule has 4 N–H and O–H groups in total. The van der Waals surface area contributed by atoms with E-state index in [4.69, 9.17) is 19.2 Å². The lowest BCUT2D eigenvalue weighted by molar-refractivity contribution is -0.384. The molecule has 0 amide bonds. The van der Waals surface area contributed by atoms with E-state index in [2.05, 4.69) is 19.6 Å². The highest BCUT2D eigenvalue weighted by atomic mass is 16.6. The number of carboxylic acids is 4. The molecule has 1 heterocycles. The molecule has 2 rings (SSSR count). The van der Waals surface area contributed by atoms with Crippen molar-refractivity contribution in [2.45, 2.75) is 25.3 Å². The van der Waals surface area contributed by atoms with Gasteiger partial charge in [0.05, 0.1) is 31.1 Å². The first-order valence-corrected chi connectivity index (χ1v) is 16.9. The zero-order valence-electron chi connectivity index (χ0n) is 30.6. The SMILES string of the molecule is CN(C)CCN1CCN(CCN(CC(=O)O)CC(=O)O)CCN(CC(CCCc2ccc([N+](=O)[O-])cc2)N(CC(=O)O)CC(=O)O)CC1.O=C=O.O=C=O. The standard InChI is InChI=1S/C31H51N7O10.2CO2/c1-32(2)10-11-33-12-13-34(16-19-36(21-28(39)40)22-29(41)42)15-18-35(17-14-33)20-27(37(23-30(43)44)24-31(45)46)5-3-4-25-6-8-26(9-7-25)38(47)48;2*2-1-3/h6-9,27H,3-5,10-24H2,1-2H3,(H,39,40)(H,41,42)(H,43,44)(H,45,46);;. The molecule has 0 aromatic heterocycles. The van der Waals surface area contributed by atoms with Crippen LogP contribution in [0.1, 0.15) is 18.4 Å². The van der Waals surface area contributed by atoms with E-state index in [9.17, 15) is 49.7 Å². The summed E-state index contributed by atoms with van der Waals surface area (Å²) in [6.07, 6.45) is 2.19. The number of nitrogens with zero attached hydrogens (tertiary/aromatic N) is 7. The fourth-order valence-electron chi connectivity index (χ4n) is 5.71. The molecule has 1 aliphatic rings. The molecule has 21 nitrogen and oxygen atoms in total. The topological polar surface area (TPSA) is 280 Å². The summed E-state index contributed by atoms with van der Waals surface area (Å²) in [6, 6.07) is 5.85. The number of benzene rings is 1. The number of aliphatic carboxylic acids is 4. The fourth-order valence-corrected chi connectivity index (χ4v) is 5.71. The summed E-state index contributed by atoms with van der Waals surface area (Å²) in [5.74, 6) is -4.47. The number of carbonyl (C=O) groups excluding carboxylic acids is 4. The second kappa shape index (κ2) is 28.5. The highest BCUT2D eigenvalue weighted by Gasteiger charge is 2.27. The van der Waals surface area contributed by atoms with E-state index in [1.54, 1.807) is 12.1 Å². The molecule has 0 bridgehead atoms. The molecule has 302 valence electrons. The van der Waals surface area contributed by atoms with Crippen LogP contribution in [0.2, 0.25) is 0 Å². The molecule has 1 fully saturated rings. The van der Waals surface area contributed by atoms with Crippen LogP contribution in [0.25, 0.3) is 0 Å². The van der Waals surface area contributed by atoms with Crippen LogP contribution in [0.5, 0.6) is 0 Å². The Labute approximate surface area is 312 Å². The van der Waals surface area contributed by atoms with Gasteiger partial charge in [0.2, 0.25) is 0 Å². The highest BCUT2D eigenvalue weighted by Crippen LogP contribution is 2.17. The van der Waals surface area contributed by atoms with Crippen molar-refractivity contribution >= 4 is 41.9 Å².